The van der Waals surface area contributed by atoms with E-state index in [2.05, 4.69) is 12.1 Å². The predicted molar refractivity (Wildman–Crippen MR) is 67.4 cm³/mol. The van der Waals surface area contributed by atoms with Crippen LogP contribution < -0.4 is 0 Å². The molecule has 0 aliphatic rings. The number of hydrogen-bond acceptors (Lipinski definition) is 3. The predicted octanol–water partition coefficient (Wildman–Crippen LogP) is 2.81. The van der Waals surface area contributed by atoms with Gasteiger partial charge in [0.15, 0.2) is 0 Å². The number of benzene rings is 1. The van der Waals surface area contributed by atoms with Crippen LogP contribution in [0.2, 0.25) is 0 Å². The lowest BCUT2D eigenvalue weighted by Gasteiger charge is -2.13. The van der Waals surface area contributed by atoms with Crippen LogP contribution in [0.1, 0.15) is 19.4 Å². The summed E-state index contributed by atoms with van der Waals surface area (Å²) in [5.74, 6) is 0. The summed E-state index contributed by atoms with van der Waals surface area (Å²) in [6, 6.07) is 10.1. The van der Waals surface area contributed by atoms with E-state index in [1.807, 2.05) is 32.0 Å². The van der Waals surface area contributed by atoms with Crippen molar-refractivity contribution in [2.45, 2.75) is 26.6 Å². The number of rotatable bonds is 9. The molecule has 0 N–H and O–H groups in total. The van der Waals surface area contributed by atoms with Gasteiger partial charge < -0.3 is 14.2 Å². The van der Waals surface area contributed by atoms with E-state index in [1.54, 1.807) is 6.61 Å². The molecule has 0 fully saturated rings. The van der Waals surface area contributed by atoms with E-state index in [0.717, 1.165) is 0 Å². The molecule has 95 valence electrons. The molecule has 0 aliphatic heterocycles. The molecule has 1 aromatic carbocycles. The topological polar surface area (TPSA) is 27.7 Å². The molecule has 0 spiro atoms. The highest BCUT2D eigenvalue weighted by atomic mass is 16.5. The van der Waals surface area contributed by atoms with E-state index in [4.69, 9.17) is 14.2 Å². The smallest absolute Gasteiger partial charge is 0.0807 e. The number of ether oxygens (including phenoxy) is 3. The molecule has 1 unspecified atom stereocenters. The molecule has 3 nitrogen and oxygen atoms in total. The highest BCUT2D eigenvalue weighted by Gasteiger charge is 2.02. The van der Waals surface area contributed by atoms with Crippen molar-refractivity contribution in [3.63, 3.8) is 0 Å². The molecule has 1 radical (unpaired) electrons. The Balaban J connectivity index is 2.02. The van der Waals surface area contributed by atoms with Crippen LogP contribution >= 0.6 is 0 Å². The van der Waals surface area contributed by atoms with Gasteiger partial charge in [-0.1, -0.05) is 30.3 Å². The summed E-state index contributed by atoms with van der Waals surface area (Å²) in [6.07, 6.45) is 0.0965. The molecule has 0 saturated heterocycles. The van der Waals surface area contributed by atoms with Crippen molar-refractivity contribution in [2.24, 2.45) is 0 Å². The SMILES string of the molecule is C[CH]OCCOC(C)COCc1ccccc1. The summed E-state index contributed by atoms with van der Waals surface area (Å²) in [7, 11) is 0. The van der Waals surface area contributed by atoms with Crippen molar-refractivity contribution in [2.75, 3.05) is 19.8 Å². The zero-order chi connectivity index (χ0) is 12.3. The van der Waals surface area contributed by atoms with E-state index >= 15 is 0 Å². The lowest BCUT2D eigenvalue weighted by atomic mass is 10.2. The molecule has 0 bridgehead atoms. The summed E-state index contributed by atoms with van der Waals surface area (Å²) in [4.78, 5) is 0. The quantitative estimate of drug-likeness (QED) is 0.618. The molecule has 0 heterocycles. The Labute approximate surface area is 104 Å². The van der Waals surface area contributed by atoms with Gasteiger partial charge in [0.1, 0.15) is 0 Å². The van der Waals surface area contributed by atoms with Crippen LogP contribution in [-0.2, 0) is 20.8 Å². The summed E-state index contributed by atoms with van der Waals surface area (Å²) in [5.41, 5.74) is 1.18. The lowest BCUT2D eigenvalue weighted by molar-refractivity contribution is -0.0270. The van der Waals surface area contributed by atoms with Crippen molar-refractivity contribution in [3.8, 4) is 0 Å². The Morgan fingerprint density at radius 1 is 1.18 bits per heavy atom. The maximum atomic E-state index is 5.56. The zero-order valence-corrected chi connectivity index (χ0v) is 10.6. The standard InChI is InChI=1S/C14H21O3/c1-3-15-9-10-17-13(2)11-16-12-14-7-5-4-6-8-14/h3-8,13H,9-12H2,1-2H3. The third-order valence-electron chi connectivity index (χ3n) is 2.23. The summed E-state index contributed by atoms with van der Waals surface area (Å²) >= 11 is 0. The molecular formula is C14H21O3. The Kier molecular flexibility index (Phi) is 7.63. The van der Waals surface area contributed by atoms with Gasteiger partial charge in [0, 0.05) is 0 Å². The van der Waals surface area contributed by atoms with Crippen LogP contribution in [-0.4, -0.2) is 25.9 Å². The second-order valence-electron chi connectivity index (χ2n) is 3.79. The minimum absolute atomic E-state index is 0.0965. The molecule has 3 heteroatoms. The first-order valence-corrected chi connectivity index (χ1v) is 5.95. The Hall–Kier alpha value is -0.900. The largest absolute Gasteiger partial charge is 0.374 e. The molecule has 1 rings (SSSR count). The lowest BCUT2D eigenvalue weighted by Crippen LogP contribution is -2.18. The molecule has 1 aromatic rings. The van der Waals surface area contributed by atoms with Crippen molar-refractivity contribution in [3.05, 3.63) is 42.5 Å². The minimum atomic E-state index is 0.0965. The van der Waals surface area contributed by atoms with Gasteiger partial charge in [0.2, 0.25) is 0 Å². The second-order valence-corrected chi connectivity index (χ2v) is 3.79. The summed E-state index contributed by atoms with van der Waals surface area (Å²) in [6.45, 7) is 7.95. The van der Waals surface area contributed by atoms with E-state index in [9.17, 15) is 0 Å². The maximum Gasteiger partial charge on any atom is 0.0807 e. The Morgan fingerprint density at radius 3 is 2.65 bits per heavy atom. The van der Waals surface area contributed by atoms with Crippen LogP contribution in [0.4, 0.5) is 0 Å². The molecule has 17 heavy (non-hydrogen) atoms. The highest BCUT2D eigenvalue weighted by molar-refractivity contribution is 5.13. The fourth-order valence-electron chi connectivity index (χ4n) is 1.38. The maximum absolute atomic E-state index is 5.56. The average Bonchev–Trinajstić information content (AvgIpc) is 2.36. The monoisotopic (exact) mass is 237 g/mol. The highest BCUT2D eigenvalue weighted by Crippen LogP contribution is 2.02. The van der Waals surface area contributed by atoms with Crippen LogP contribution in [0.15, 0.2) is 30.3 Å². The van der Waals surface area contributed by atoms with Gasteiger partial charge >= 0.3 is 0 Å². The normalized spacial score (nSPS) is 12.6. The van der Waals surface area contributed by atoms with Crippen molar-refractivity contribution >= 4 is 0 Å². The van der Waals surface area contributed by atoms with Crippen LogP contribution in [0.3, 0.4) is 0 Å². The van der Waals surface area contributed by atoms with Gasteiger partial charge in [-0.05, 0) is 19.4 Å². The molecular weight excluding hydrogens is 216 g/mol. The fourth-order valence-corrected chi connectivity index (χ4v) is 1.38. The molecule has 0 saturated carbocycles. The third kappa shape index (κ3) is 7.10. The average molecular weight is 237 g/mol. The van der Waals surface area contributed by atoms with Gasteiger partial charge in [-0.2, -0.15) is 0 Å². The van der Waals surface area contributed by atoms with Gasteiger partial charge in [-0.25, -0.2) is 0 Å². The molecule has 0 amide bonds. The zero-order valence-electron chi connectivity index (χ0n) is 10.6. The van der Waals surface area contributed by atoms with Crippen molar-refractivity contribution < 1.29 is 14.2 Å². The van der Waals surface area contributed by atoms with Gasteiger partial charge in [0.05, 0.1) is 39.1 Å². The Morgan fingerprint density at radius 2 is 1.94 bits per heavy atom. The fraction of sp³-hybridized carbons (Fsp3) is 0.500. The van der Waals surface area contributed by atoms with E-state index < -0.39 is 0 Å². The first kappa shape index (κ1) is 14.2. The van der Waals surface area contributed by atoms with E-state index in [1.165, 1.54) is 5.56 Å². The first-order valence-electron chi connectivity index (χ1n) is 5.95. The van der Waals surface area contributed by atoms with Crippen LogP contribution in [0.25, 0.3) is 0 Å². The summed E-state index contributed by atoms with van der Waals surface area (Å²) in [5, 5.41) is 0. The van der Waals surface area contributed by atoms with Crippen LogP contribution in [0, 0.1) is 6.61 Å². The molecule has 1 atom stereocenters. The van der Waals surface area contributed by atoms with Gasteiger partial charge in [0.25, 0.3) is 0 Å². The van der Waals surface area contributed by atoms with Crippen molar-refractivity contribution in [1.29, 1.82) is 0 Å². The van der Waals surface area contributed by atoms with Crippen LogP contribution in [0.5, 0.6) is 0 Å². The third-order valence-corrected chi connectivity index (χ3v) is 2.23. The van der Waals surface area contributed by atoms with Gasteiger partial charge in [-0.3, -0.25) is 0 Å². The molecule has 0 aromatic heterocycles. The summed E-state index contributed by atoms with van der Waals surface area (Å²) < 4.78 is 16.1. The van der Waals surface area contributed by atoms with Gasteiger partial charge in [-0.15, -0.1) is 0 Å². The van der Waals surface area contributed by atoms with E-state index in [-0.39, 0.29) is 6.10 Å². The number of hydrogen-bond donors (Lipinski definition) is 0. The minimum Gasteiger partial charge on any atom is -0.374 e. The first-order chi connectivity index (χ1) is 8.33. The second kappa shape index (κ2) is 9.16. The van der Waals surface area contributed by atoms with Crippen molar-refractivity contribution in [1.82, 2.24) is 0 Å². The van der Waals surface area contributed by atoms with E-state index in [0.29, 0.717) is 26.4 Å². The Bertz CT molecular complexity index is 274. The molecule has 0 aliphatic carbocycles.